The average molecular weight is 331 g/mol. The maximum Gasteiger partial charge on any atom is 0.253 e. The summed E-state index contributed by atoms with van der Waals surface area (Å²) in [6.45, 7) is 9.36. The standard InChI is InChI=1S/C19H29N3O2/c1-12-6-5-9-22(11-12)19(24)16-7-8-17(13(2)10-16)21-18(23)14(3)15(4)20/h7-8,10,12,14-15H,5-6,9,11,20H2,1-4H3,(H,21,23). The van der Waals surface area contributed by atoms with Crippen LogP contribution in [-0.4, -0.2) is 35.8 Å². The van der Waals surface area contributed by atoms with E-state index in [-0.39, 0.29) is 23.8 Å². The molecule has 3 unspecified atom stereocenters. The number of likely N-dealkylation sites (tertiary alicyclic amines) is 1. The number of rotatable bonds is 4. The van der Waals surface area contributed by atoms with Gasteiger partial charge in [-0.2, -0.15) is 0 Å². The molecule has 2 rings (SSSR count). The lowest BCUT2D eigenvalue weighted by Gasteiger charge is -2.31. The van der Waals surface area contributed by atoms with Gasteiger partial charge in [0.2, 0.25) is 5.91 Å². The fourth-order valence-corrected chi connectivity index (χ4v) is 2.98. The first kappa shape index (κ1) is 18.5. The molecule has 2 amide bonds. The Balaban J connectivity index is 2.09. The second kappa shape index (κ2) is 7.79. The highest BCUT2D eigenvalue weighted by Gasteiger charge is 2.23. The predicted molar refractivity (Wildman–Crippen MR) is 96.9 cm³/mol. The Morgan fingerprint density at radius 1 is 1.33 bits per heavy atom. The van der Waals surface area contributed by atoms with Crippen molar-refractivity contribution in [2.75, 3.05) is 18.4 Å². The molecule has 1 aliphatic heterocycles. The third kappa shape index (κ3) is 4.35. The number of nitrogens with zero attached hydrogens (tertiary/aromatic N) is 1. The van der Waals surface area contributed by atoms with E-state index >= 15 is 0 Å². The van der Waals surface area contributed by atoms with Crippen molar-refractivity contribution < 1.29 is 9.59 Å². The number of hydrogen-bond acceptors (Lipinski definition) is 3. The van der Waals surface area contributed by atoms with Crippen molar-refractivity contribution in [3.8, 4) is 0 Å². The van der Waals surface area contributed by atoms with Crippen LogP contribution in [0.4, 0.5) is 5.69 Å². The molecule has 0 bridgehead atoms. The number of hydrogen-bond donors (Lipinski definition) is 2. The first-order valence-electron chi connectivity index (χ1n) is 8.76. The number of benzene rings is 1. The van der Waals surface area contributed by atoms with Crippen LogP contribution in [0.25, 0.3) is 0 Å². The van der Waals surface area contributed by atoms with Crippen molar-refractivity contribution in [2.45, 2.75) is 46.6 Å². The Bertz CT molecular complexity index is 613. The van der Waals surface area contributed by atoms with Crippen molar-refractivity contribution in [3.05, 3.63) is 29.3 Å². The molecule has 1 aromatic rings. The van der Waals surface area contributed by atoms with E-state index in [0.717, 1.165) is 30.8 Å². The monoisotopic (exact) mass is 331 g/mol. The lowest BCUT2D eigenvalue weighted by Crippen LogP contribution is -2.39. The first-order valence-corrected chi connectivity index (χ1v) is 8.76. The van der Waals surface area contributed by atoms with Gasteiger partial charge in [0.15, 0.2) is 0 Å². The van der Waals surface area contributed by atoms with Gasteiger partial charge in [0.25, 0.3) is 5.91 Å². The predicted octanol–water partition coefficient (Wildman–Crippen LogP) is 2.79. The molecule has 5 heteroatoms. The van der Waals surface area contributed by atoms with Gasteiger partial charge in [0.1, 0.15) is 0 Å². The van der Waals surface area contributed by atoms with Gasteiger partial charge in [0.05, 0.1) is 5.92 Å². The van der Waals surface area contributed by atoms with Crippen LogP contribution in [0.1, 0.15) is 49.5 Å². The second-order valence-electron chi connectivity index (χ2n) is 7.17. The van der Waals surface area contributed by atoms with Crippen LogP contribution in [0, 0.1) is 18.8 Å². The van der Waals surface area contributed by atoms with E-state index in [1.165, 1.54) is 6.42 Å². The highest BCUT2D eigenvalue weighted by atomic mass is 16.2. The molecule has 0 aliphatic carbocycles. The lowest BCUT2D eigenvalue weighted by atomic mass is 9.99. The lowest BCUT2D eigenvalue weighted by molar-refractivity contribution is -0.119. The summed E-state index contributed by atoms with van der Waals surface area (Å²) < 4.78 is 0. The van der Waals surface area contributed by atoms with Crippen molar-refractivity contribution in [3.63, 3.8) is 0 Å². The van der Waals surface area contributed by atoms with Crippen molar-refractivity contribution in [2.24, 2.45) is 17.6 Å². The Hall–Kier alpha value is -1.88. The second-order valence-corrected chi connectivity index (χ2v) is 7.17. The molecule has 3 N–H and O–H groups in total. The van der Waals surface area contributed by atoms with Crippen molar-refractivity contribution in [1.82, 2.24) is 4.90 Å². The molecule has 0 radical (unpaired) electrons. The number of anilines is 1. The van der Waals surface area contributed by atoms with Gasteiger partial charge in [-0.25, -0.2) is 0 Å². The van der Waals surface area contributed by atoms with Gasteiger partial charge in [-0.1, -0.05) is 13.8 Å². The summed E-state index contributed by atoms with van der Waals surface area (Å²) in [6.07, 6.45) is 2.25. The van der Waals surface area contributed by atoms with Gasteiger partial charge >= 0.3 is 0 Å². The average Bonchev–Trinajstić information content (AvgIpc) is 2.55. The van der Waals surface area contributed by atoms with E-state index in [1.807, 2.05) is 37.8 Å². The van der Waals surface area contributed by atoms with E-state index in [2.05, 4.69) is 12.2 Å². The Morgan fingerprint density at radius 2 is 2.04 bits per heavy atom. The third-order valence-corrected chi connectivity index (χ3v) is 4.88. The molecule has 24 heavy (non-hydrogen) atoms. The van der Waals surface area contributed by atoms with E-state index in [1.54, 1.807) is 6.07 Å². The Morgan fingerprint density at radius 3 is 2.62 bits per heavy atom. The number of nitrogens with one attached hydrogen (secondary N) is 1. The summed E-state index contributed by atoms with van der Waals surface area (Å²) in [4.78, 5) is 26.7. The van der Waals surface area contributed by atoms with Crippen LogP contribution in [0.15, 0.2) is 18.2 Å². The van der Waals surface area contributed by atoms with E-state index in [9.17, 15) is 9.59 Å². The summed E-state index contributed by atoms with van der Waals surface area (Å²) in [5.74, 6) is 0.270. The normalized spacial score (nSPS) is 20.4. The van der Waals surface area contributed by atoms with Crippen LogP contribution in [-0.2, 0) is 4.79 Å². The first-order chi connectivity index (χ1) is 11.3. The Kier molecular flexibility index (Phi) is 5.99. The summed E-state index contributed by atoms with van der Waals surface area (Å²) >= 11 is 0. The molecule has 1 fully saturated rings. The highest BCUT2D eigenvalue weighted by Crippen LogP contribution is 2.22. The highest BCUT2D eigenvalue weighted by molar-refractivity contribution is 5.97. The zero-order valence-corrected chi connectivity index (χ0v) is 15.1. The molecular weight excluding hydrogens is 302 g/mol. The molecule has 1 saturated heterocycles. The zero-order valence-electron chi connectivity index (χ0n) is 15.1. The molecule has 132 valence electrons. The molecular formula is C19H29N3O2. The summed E-state index contributed by atoms with van der Waals surface area (Å²) in [5, 5.41) is 2.90. The molecule has 0 aromatic heterocycles. The number of nitrogens with two attached hydrogens (primary N) is 1. The van der Waals surface area contributed by atoms with Crippen LogP contribution in [0.3, 0.4) is 0 Å². The summed E-state index contributed by atoms with van der Waals surface area (Å²) in [5.41, 5.74) is 8.07. The molecule has 1 heterocycles. The zero-order chi connectivity index (χ0) is 17.9. The van der Waals surface area contributed by atoms with E-state index in [0.29, 0.717) is 11.5 Å². The molecule has 1 aliphatic rings. The van der Waals surface area contributed by atoms with Crippen LogP contribution in [0.5, 0.6) is 0 Å². The van der Waals surface area contributed by atoms with Gasteiger partial charge in [-0.3, -0.25) is 9.59 Å². The van der Waals surface area contributed by atoms with Gasteiger partial charge in [-0.15, -0.1) is 0 Å². The van der Waals surface area contributed by atoms with Gasteiger partial charge in [-0.05, 0) is 56.4 Å². The minimum atomic E-state index is -0.263. The minimum absolute atomic E-state index is 0.0754. The fourth-order valence-electron chi connectivity index (χ4n) is 2.98. The third-order valence-electron chi connectivity index (χ3n) is 4.88. The largest absolute Gasteiger partial charge is 0.338 e. The number of carbonyl (C=O) groups is 2. The quantitative estimate of drug-likeness (QED) is 0.891. The number of amides is 2. The minimum Gasteiger partial charge on any atom is -0.338 e. The maximum absolute atomic E-state index is 12.7. The molecule has 0 spiro atoms. The topological polar surface area (TPSA) is 75.4 Å². The van der Waals surface area contributed by atoms with E-state index in [4.69, 9.17) is 5.73 Å². The number of piperidine rings is 1. The molecule has 1 aromatic carbocycles. The van der Waals surface area contributed by atoms with E-state index < -0.39 is 0 Å². The molecule has 0 saturated carbocycles. The maximum atomic E-state index is 12.7. The van der Waals surface area contributed by atoms with Crippen LogP contribution >= 0.6 is 0 Å². The number of carbonyl (C=O) groups excluding carboxylic acids is 2. The molecule has 5 nitrogen and oxygen atoms in total. The number of aryl methyl sites for hydroxylation is 1. The van der Waals surface area contributed by atoms with Crippen molar-refractivity contribution >= 4 is 17.5 Å². The van der Waals surface area contributed by atoms with Gasteiger partial charge < -0.3 is 16.0 Å². The summed E-state index contributed by atoms with van der Waals surface area (Å²) in [7, 11) is 0. The smallest absolute Gasteiger partial charge is 0.253 e. The SMILES string of the molecule is Cc1cc(C(=O)N2CCCC(C)C2)ccc1NC(=O)C(C)C(C)N. The summed E-state index contributed by atoms with van der Waals surface area (Å²) in [6, 6.07) is 5.25. The molecule has 3 atom stereocenters. The fraction of sp³-hybridized carbons (Fsp3) is 0.579. The van der Waals surface area contributed by atoms with Crippen LogP contribution < -0.4 is 11.1 Å². The van der Waals surface area contributed by atoms with Crippen molar-refractivity contribution in [1.29, 1.82) is 0 Å². The van der Waals surface area contributed by atoms with Crippen LogP contribution in [0.2, 0.25) is 0 Å². The Labute approximate surface area is 144 Å². The van der Waals surface area contributed by atoms with Gasteiger partial charge in [0, 0.05) is 30.4 Å².